The van der Waals surface area contributed by atoms with Gasteiger partial charge in [0.2, 0.25) is 5.89 Å². The van der Waals surface area contributed by atoms with Gasteiger partial charge in [0.05, 0.1) is 0 Å². The first-order valence-electron chi connectivity index (χ1n) is 7.46. The van der Waals surface area contributed by atoms with Gasteiger partial charge in [0, 0.05) is 42.5 Å². The summed E-state index contributed by atoms with van der Waals surface area (Å²) in [6.07, 6.45) is 0.569. The van der Waals surface area contributed by atoms with E-state index in [1.54, 1.807) is 0 Å². The molecule has 21 heavy (non-hydrogen) atoms. The molecule has 118 valence electrons. The fourth-order valence-corrected chi connectivity index (χ4v) is 3.66. The normalized spacial score (nSPS) is 22.6. The minimum absolute atomic E-state index is 0.00222. The molecule has 1 aromatic heterocycles. The molecule has 2 amide bonds. The van der Waals surface area contributed by atoms with Crippen molar-refractivity contribution in [3.63, 3.8) is 0 Å². The van der Waals surface area contributed by atoms with Gasteiger partial charge in [0.15, 0.2) is 5.82 Å². The van der Waals surface area contributed by atoms with E-state index in [1.807, 2.05) is 30.5 Å². The van der Waals surface area contributed by atoms with E-state index in [0.717, 1.165) is 13.1 Å². The van der Waals surface area contributed by atoms with Crippen molar-refractivity contribution < 1.29 is 9.32 Å². The van der Waals surface area contributed by atoms with Crippen LogP contribution in [0.25, 0.3) is 0 Å². The number of carbonyl (C=O) groups is 1. The smallest absolute Gasteiger partial charge is 0.317 e. The van der Waals surface area contributed by atoms with E-state index >= 15 is 0 Å². The van der Waals surface area contributed by atoms with Crippen molar-refractivity contribution in [2.75, 3.05) is 19.6 Å². The van der Waals surface area contributed by atoms with Gasteiger partial charge in [0.1, 0.15) is 0 Å². The number of rotatable bonds is 4. The number of nitrogens with one attached hydrogen (secondary N) is 1. The number of urea groups is 1. The van der Waals surface area contributed by atoms with Crippen molar-refractivity contribution in [3.05, 3.63) is 11.7 Å². The zero-order valence-corrected chi connectivity index (χ0v) is 13.9. The third-order valence-electron chi connectivity index (χ3n) is 3.32. The lowest BCUT2D eigenvalue weighted by atomic mass is 10.2. The fraction of sp³-hybridized carbons (Fsp3) is 0.786. The summed E-state index contributed by atoms with van der Waals surface area (Å²) in [7, 11) is 0. The third kappa shape index (κ3) is 4.62. The van der Waals surface area contributed by atoms with Crippen LogP contribution >= 0.6 is 11.8 Å². The molecule has 0 bridgehead atoms. The molecule has 6 nitrogen and oxygen atoms in total. The van der Waals surface area contributed by atoms with E-state index in [0.29, 0.717) is 35.2 Å². The second kappa shape index (κ2) is 7.15. The van der Waals surface area contributed by atoms with Crippen LogP contribution in [0.2, 0.25) is 0 Å². The maximum absolute atomic E-state index is 12.1. The number of hydrogen-bond donors (Lipinski definition) is 1. The summed E-state index contributed by atoms with van der Waals surface area (Å²) in [4.78, 5) is 18.3. The Kier molecular flexibility index (Phi) is 5.50. The van der Waals surface area contributed by atoms with Crippen LogP contribution in [0.4, 0.5) is 4.79 Å². The van der Waals surface area contributed by atoms with Gasteiger partial charge in [-0.2, -0.15) is 16.7 Å². The molecule has 7 heteroatoms. The molecule has 0 saturated carbocycles. The Morgan fingerprint density at radius 3 is 2.67 bits per heavy atom. The molecule has 1 aliphatic heterocycles. The van der Waals surface area contributed by atoms with Crippen molar-refractivity contribution in [2.24, 2.45) is 0 Å². The van der Waals surface area contributed by atoms with E-state index in [1.165, 1.54) is 0 Å². The minimum atomic E-state index is -0.00222. The van der Waals surface area contributed by atoms with E-state index in [2.05, 4.69) is 29.3 Å². The highest BCUT2D eigenvalue weighted by Crippen LogP contribution is 2.24. The first-order chi connectivity index (χ1) is 9.95. The van der Waals surface area contributed by atoms with Crippen LogP contribution < -0.4 is 5.32 Å². The number of aromatic nitrogens is 2. The molecule has 1 fully saturated rings. The lowest BCUT2D eigenvalue weighted by molar-refractivity contribution is 0.197. The van der Waals surface area contributed by atoms with Crippen molar-refractivity contribution >= 4 is 17.8 Å². The average molecular weight is 312 g/mol. The summed E-state index contributed by atoms with van der Waals surface area (Å²) in [5.74, 6) is 1.55. The van der Waals surface area contributed by atoms with Gasteiger partial charge in [-0.3, -0.25) is 0 Å². The van der Waals surface area contributed by atoms with Crippen LogP contribution in [0.1, 0.15) is 45.3 Å². The molecule has 0 aliphatic carbocycles. The Balaban J connectivity index is 1.76. The average Bonchev–Trinajstić information content (AvgIpc) is 2.86. The standard InChI is InChI=1S/C14H24N4O2S/c1-9(2)13-16-12(20-17-13)5-6-15-14(19)18-7-10(3)21-11(4)8-18/h9-11H,5-8H2,1-4H3,(H,15,19)/t10-,11-/m0/s1. The van der Waals surface area contributed by atoms with Crippen LogP contribution in [0.5, 0.6) is 0 Å². The van der Waals surface area contributed by atoms with Gasteiger partial charge < -0.3 is 14.7 Å². The van der Waals surface area contributed by atoms with Gasteiger partial charge in [0.25, 0.3) is 0 Å². The molecular formula is C14H24N4O2S. The van der Waals surface area contributed by atoms with Crippen molar-refractivity contribution in [1.82, 2.24) is 20.4 Å². The molecule has 1 N–H and O–H groups in total. The highest BCUT2D eigenvalue weighted by Gasteiger charge is 2.25. The summed E-state index contributed by atoms with van der Waals surface area (Å²) < 4.78 is 5.16. The number of nitrogens with zero attached hydrogens (tertiary/aromatic N) is 3. The maximum Gasteiger partial charge on any atom is 0.317 e. The Morgan fingerprint density at radius 2 is 2.10 bits per heavy atom. The summed E-state index contributed by atoms with van der Waals surface area (Å²) in [5, 5.41) is 7.82. The van der Waals surface area contributed by atoms with Gasteiger partial charge in [-0.15, -0.1) is 0 Å². The van der Waals surface area contributed by atoms with Crippen LogP contribution in [0.3, 0.4) is 0 Å². The second-order valence-corrected chi connectivity index (χ2v) is 7.73. The van der Waals surface area contributed by atoms with E-state index in [4.69, 9.17) is 4.52 Å². The summed E-state index contributed by atoms with van der Waals surface area (Å²) in [6, 6.07) is -0.00222. The van der Waals surface area contributed by atoms with Crippen molar-refractivity contribution in [1.29, 1.82) is 0 Å². The molecule has 0 unspecified atom stereocenters. The lowest BCUT2D eigenvalue weighted by Crippen LogP contribution is -2.48. The Hall–Kier alpha value is -1.24. The van der Waals surface area contributed by atoms with Crippen molar-refractivity contribution in [3.8, 4) is 0 Å². The third-order valence-corrected chi connectivity index (χ3v) is 4.55. The first kappa shape index (κ1) is 16.1. The highest BCUT2D eigenvalue weighted by atomic mass is 32.2. The fourth-order valence-electron chi connectivity index (χ4n) is 2.34. The number of thioether (sulfide) groups is 1. The van der Waals surface area contributed by atoms with E-state index < -0.39 is 0 Å². The maximum atomic E-state index is 12.1. The SMILES string of the molecule is CC(C)c1noc(CCNC(=O)N2C[C@H](C)S[C@@H](C)C2)n1. The summed E-state index contributed by atoms with van der Waals surface area (Å²) >= 11 is 1.93. The van der Waals surface area contributed by atoms with Crippen molar-refractivity contribution in [2.45, 2.75) is 50.5 Å². The number of amides is 2. The quantitative estimate of drug-likeness (QED) is 0.923. The molecule has 0 spiro atoms. The Labute approximate surface area is 130 Å². The van der Waals surface area contributed by atoms with Gasteiger partial charge >= 0.3 is 6.03 Å². The van der Waals surface area contributed by atoms with E-state index in [9.17, 15) is 4.79 Å². The topological polar surface area (TPSA) is 71.3 Å². The predicted molar refractivity (Wildman–Crippen MR) is 83.6 cm³/mol. The van der Waals surface area contributed by atoms with Crippen LogP contribution in [0.15, 0.2) is 4.52 Å². The molecular weight excluding hydrogens is 288 g/mol. The molecule has 2 rings (SSSR count). The Bertz CT molecular complexity index is 467. The van der Waals surface area contributed by atoms with Gasteiger partial charge in [-0.1, -0.05) is 32.9 Å². The number of carbonyl (C=O) groups excluding carboxylic acids is 1. The zero-order chi connectivity index (χ0) is 15.4. The molecule has 0 aromatic carbocycles. The molecule has 2 atom stereocenters. The molecule has 1 aliphatic rings. The largest absolute Gasteiger partial charge is 0.339 e. The summed E-state index contributed by atoms with van der Waals surface area (Å²) in [5.41, 5.74) is 0. The highest BCUT2D eigenvalue weighted by molar-refractivity contribution is 8.00. The summed E-state index contributed by atoms with van der Waals surface area (Å²) in [6.45, 7) is 10.5. The second-order valence-electron chi connectivity index (χ2n) is 5.85. The van der Waals surface area contributed by atoms with Gasteiger partial charge in [-0.25, -0.2) is 4.79 Å². The molecule has 2 heterocycles. The molecule has 0 radical (unpaired) electrons. The lowest BCUT2D eigenvalue weighted by Gasteiger charge is -2.34. The Morgan fingerprint density at radius 1 is 1.43 bits per heavy atom. The first-order valence-corrected chi connectivity index (χ1v) is 8.40. The van der Waals surface area contributed by atoms with Crippen LogP contribution in [-0.2, 0) is 6.42 Å². The zero-order valence-electron chi connectivity index (χ0n) is 13.1. The van der Waals surface area contributed by atoms with E-state index in [-0.39, 0.29) is 11.9 Å². The molecule has 1 saturated heterocycles. The monoisotopic (exact) mass is 312 g/mol. The molecule has 1 aromatic rings. The predicted octanol–water partition coefficient (Wildman–Crippen LogP) is 2.27. The van der Waals surface area contributed by atoms with Gasteiger partial charge in [-0.05, 0) is 0 Å². The minimum Gasteiger partial charge on any atom is -0.339 e. The number of hydrogen-bond acceptors (Lipinski definition) is 5. The van der Waals surface area contributed by atoms with Crippen LogP contribution in [-0.4, -0.2) is 51.2 Å². The van der Waals surface area contributed by atoms with Crippen LogP contribution in [0, 0.1) is 0 Å².